The summed E-state index contributed by atoms with van der Waals surface area (Å²) in [5.74, 6) is 0. The summed E-state index contributed by atoms with van der Waals surface area (Å²) < 4.78 is 6.45. The highest BCUT2D eigenvalue weighted by Crippen LogP contribution is 2.65. The van der Waals surface area contributed by atoms with Gasteiger partial charge in [-0.05, 0) is 92.0 Å². The van der Waals surface area contributed by atoms with Gasteiger partial charge in [0.1, 0.15) is 11.2 Å². The van der Waals surface area contributed by atoms with Gasteiger partial charge in [-0.3, -0.25) is 0 Å². The van der Waals surface area contributed by atoms with Gasteiger partial charge < -0.3 is 9.32 Å². The second kappa shape index (κ2) is 12.3. The van der Waals surface area contributed by atoms with Gasteiger partial charge in [-0.1, -0.05) is 176 Å². The molecule has 2 aliphatic carbocycles. The highest BCUT2D eigenvalue weighted by molar-refractivity contribution is 6.14. The summed E-state index contributed by atoms with van der Waals surface area (Å²) in [6.07, 6.45) is 0. The molecule has 266 valence electrons. The quantitative estimate of drug-likeness (QED) is 0.176. The molecule has 0 radical (unpaired) electrons. The van der Waals surface area contributed by atoms with E-state index < -0.39 is 5.41 Å². The first-order valence-electron chi connectivity index (χ1n) is 19.7. The number of hydrogen-bond donors (Lipinski definition) is 0. The van der Waals surface area contributed by atoms with E-state index >= 15 is 0 Å². The van der Waals surface area contributed by atoms with Crippen LogP contribution in [-0.4, -0.2) is 0 Å². The molecular formula is C55H35NO. The monoisotopic (exact) mass is 725 g/mol. The average Bonchev–Trinajstić information content (AvgIpc) is 3.92. The van der Waals surface area contributed by atoms with Crippen molar-refractivity contribution in [1.82, 2.24) is 0 Å². The van der Waals surface area contributed by atoms with Crippen LogP contribution in [0.5, 0.6) is 0 Å². The summed E-state index contributed by atoms with van der Waals surface area (Å²) >= 11 is 0. The van der Waals surface area contributed by atoms with Crippen molar-refractivity contribution in [3.63, 3.8) is 0 Å². The first kappa shape index (κ1) is 31.9. The number of para-hydroxylation sites is 2. The van der Waals surface area contributed by atoms with Gasteiger partial charge in [0.15, 0.2) is 0 Å². The third-order valence-corrected chi connectivity index (χ3v) is 12.3. The van der Waals surface area contributed by atoms with E-state index in [1.807, 2.05) is 6.07 Å². The Hall–Kier alpha value is -7.42. The van der Waals surface area contributed by atoms with Crippen LogP contribution in [0.3, 0.4) is 0 Å². The van der Waals surface area contributed by atoms with Crippen molar-refractivity contribution in [2.45, 2.75) is 5.41 Å². The lowest BCUT2D eigenvalue weighted by atomic mass is 9.70. The molecule has 12 rings (SSSR count). The first-order valence-corrected chi connectivity index (χ1v) is 19.7. The Kier molecular flexibility index (Phi) is 6.88. The SMILES string of the molecule is c1ccc(-c2cccc(N(c3ccccc3-c3cccc4oc5ccccc5c34)c3cccc4c3-c3ccccc3C43c4ccccc4-c4ccccc43)c2)cc1. The highest BCUT2D eigenvalue weighted by Gasteiger charge is 2.52. The van der Waals surface area contributed by atoms with Gasteiger partial charge >= 0.3 is 0 Å². The number of nitrogens with zero attached hydrogens (tertiary/aromatic N) is 1. The second-order valence-corrected chi connectivity index (χ2v) is 15.1. The Balaban J connectivity index is 1.18. The molecule has 0 amide bonds. The minimum atomic E-state index is -0.451. The standard InChI is InChI=1S/C55H35NO/c1-2-17-36(18-3-1)37-19-14-20-38(35-37)56(49-31-12-7-23-41(49)42-26-15-34-52-53(42)44-25-8-13-33-51(44)57-52)50-32-16-30-48-54(50)43-24-6-11-29-47(43)55(48)45-27-9-4-21-39(45)40-22-5-10-28-46(40)55/h1-35H. The lowest BCUT2D eigenvalue weighted by Crippen LogP contribution is -2.26. The third kappa shape index (κ3) is 4.47. The molecule has 0 aliphatic heterocycles. The molecule has 2 nitrogen and oxygen atoms in total. The molecule has 0 fully saturated rings. The van der Waals surface area contributed by atoms with E-state index in [9.17, 15) is 0 Å². The van der Waals surface area contributed by atoms with E-state index in [-0.39, 0.29) is 0 Å². The Morgan fingerprint density at radius 2 is 0.877 bits per heavy atom. The Bertz CT molecular complexity index is 3160. The lowest BCUT2D eigenvalue weighted by Gasteiger charge is -2.32. The average molecular weight is 726 g/mol. The Morgan fingerprint density at radius 3 is 1.67 bits per heavy atom. The van der Waals surface area contributed by atoms with Crippen molar-refractivity contribution in [3.8, 4) is 44.5 Å². The van der Waals surface area contributed by atoms with Gasteiger partial charge in [0.2, 0.25) is 0 Å². The van der Waals surface area contributed by atoms with E-state index in [1.54, 1.807) is 0 Å². The van der Waals surface area contributed by atoms with Crippen molar-refractivity contribution < 1.29 is 4.42 Å². The van der Waals surface area contributed by atoms with Gasteiger partial charge in [0.25, 0.3) is 0 Å². The first-order chi connectivity index (χ1) is 28.3. The molecule has 0 bridgehead atoms. The number of rotatable bonds is 5. The highest BCUT2D eigenvalue weighted by atomic mass is 16.3. The van der Waals surface area contributed by atoms with Gasteiger partial charge in [-0.25, -0.2) is 0 Å². The molecule has 57 heavy (non-hydrogen) atoms. The topological polar surface area (TPSA) is 16.4 Å². The van der Waals surface area contributed by atoms with Crippen LogP contribution in [0.25, 0.3) is 66.4 Å². The molecule has 0 unspecified atom stereocenters. The van der Waals surface area contributed by atoms with Crippen LogP contribution in [0.15, 0.2) is 217 Å². The summed E-state index contributed by atoms with van der Waals surface area (Å²) in [5, 5.41) is 2.24. The van der Waals surface area contributed by atoms with Crippen LogP contribution < -0.4 is 4.90 Å². The number of furan rings is 1. The van der Waals surface area contributed by atoms with E-state index in [4.69, 9.17) is 4.42 Å². The summed E-state index contributed by atoms with van der Waals surface area (Å²) in [5.41, 5.74) is 19.7. The molecule has 9 aromatic carbocycles. The molecule has 1 spiro atoms. The fourth-order valence-electron chi connectivity index (χ4n) is 10.1. The number of fused-ring (bicyclic) bond motifs is 13. The molecule has 0 N–H and O–H groups in total. The van der Waals surface area contributed by atoms with Crippen molar-refractivity contribution in [1.29, 1.82) is 0 Å². The number of hydrogen-bond acceptors (Lipinski definition) is 2. The fourth-order valence-corrected chi connectivity index (χ4v) is 10.1. The van der Waals surface area contributed by atoms with E-state index in [0.717, 1.165) is 50.1 Å². The largest absolute Gasteiger partial charge is 0.456 e. The molecule has 0 saturated carbocycles. The molecule has 10 aromatic rings. The van der Waals surface area contributed by atoms with Crippen molar-refractivity contribution in [2.24, 2.45) is 0 Å². The van der Waals surface area contributed by atoms with E-state index in [2.05, 4.69) is 211 Å². The minimum Gasteiger partial charge on any atom is -0.456 e. The maximum absolute atomic E-state index is 6.45. The van der Waals surface area contributed by atoms with Crippen molar-refractivity contribution in [3.05, 3.63) is 235 Å². The normalized spacial score (nSPS) is 13.1. The Morgan fingerprint density at radius 1 is 0.351 bits per heavy atom. The van der Waals surface area contributed by atoms with Crippen LogP contribution in [0.1, 0.15) is 22.3 Å². The summed E-state index contributed by atoms with van der Waals surface area (Å²) in [7, 11) is 0. The zero-order valence-electron chi connectivity index (χ0n) is 31.1. The fraction of sp³-hybridized carbons (Fsp3) is 0.0182. The number of benzene rings is 9. The molecule has 1 aromatic heterocycles. The Labute approximate surface area is 331 Å². The van der Waals surface area contributed by atoms with Gasteiger partial charge in [0.05, 0.1) is 16.8 Å². The zero-order chi connectivity index (χ0) is 37.5. The van der Waals surface area contributed by atoms with Crippen LogP contribution in [0.4, 0.5) is 17.1 Å². The van der Waals surface area contributed by atoms with Crippen molar-refractivity contribution >= 4 is 39.0 Å². The number of anilines is 3. The van der Waals surface area contributed by atoms with E-state index in [0.29, 0.717) is 0 Å². The van der Waals surface area contributed by atoms with Crippen LogP contribution in [0, 0.1) is 0 Å². The molecule has 2 aliphatic rings. The lowest BCUT2D eigenvalue weighted by molar-refractivity contribution is 0.669. The van der Waals surface area contributed by atoms with E-state index in [1.165, 1.54) is 55.6 Å². The molecular weight excluding hydrogens is 691 g/mol. The van der Waals surface area contributed by atoms with Crippen molar-refractivity contribution in [2.75, 3.05) is 4.90 Å². The van der Waals surface area contributed by atoms with Crippen LogP contribution >= 0.6 is 0 Å². The summed E-state index contributed by atoms with van der Waals surface area (Å²) in [6, 6.07) is 77.5. The molecule has 2 heteroatoms. The summed E-state index contributed by atoms with van der Waals surface area (Å²) in [6.45, 7) is 0. The second-order valence-electron chi connectivity index (χ2n) is 15.1. The zero-order valence-corrected chi connectivity index (χ0v) is 31.1. The third-order valence-electron chi connectivity index (χ3n) is 12.3. The molecule has 0 saturated heterocycles. The predicted octanol–water partition coefficient (Wildman–Crippen LogP) is 14.7. The summed E-state index contributed by atoms with van der Waals surface area (Å²) in [4.78, 5) is 2.50. The smallest absolute Gasteiger partial charge is 0.136 e. The van der Waals surface area contributed by atoms with Gasteiger partial charge in [-0.15, -0.1) is 0 Å². The maximum atomic E-state index is 6.45. The molecule has 0 atom stereocenters. The molecule has 1 heterocycles. The van der Waals surface area contributed by atoms with Crippen LogP contribution in [-0.2, 0) is 5.41 Å². The predicted molar refractivity (Wildman–Crippen MR) is 236 cm³/mol. The van der Waals surface area contributed by atoms with Crippen LogP contribution in [0.2, 0.25) is 0 Å². The maximum Gasteiger partial charge on any atom is 0.136 e. The van der Waals surface area contributed by atoms with Gasteiger partial charge in [0, 0.05) is 27.6 Å². The van der Waals surface area contributed by atoms with Gasteiger partial charge in [-0.2, -0.15) is 0 Å². The minimum absolute atomic E-state index is 0.451.